The van der Waals surface area contributed by atoms with Gasteiger partial charge in [-0.1, -0.05) is 103 Å². The molecule has 0 aliphatic heterocycles. The van der Waals surface area contributed by atoms with Gasteiger partial charge in [-0.2, -0.15) is 0 Å². The number of carbonyl (C=O) groups is 2. The topological polar surface area (TPSA) is 52.6 Å². The van der Waals surface area contributed by atoms with Crippen molar-refractivity contribution in [3.8, 4) is 11.1 Å². The van der Waals surface area contributed by atoms with Crippen molar-refractivity contribution in [3.63, 3.8) is 0 Å². The van der Waals surface area contributed by atoms with Gasteiger partial charge in [0.25, 0.3) is 0 Å². The highest BCUT2D eigenvalue weighted by atomic mass is 16.5. The summed E-state index contributed by atoms with van der Waals surface area (Å²) < 4.78 is 10.2. The van der Waals surface area contributed by atoms with Gasteiger partial charge < -0.3 is 9.47 Å². The first-order valence-electron chi connectivity index (χ1n) is 14.5. The molecule has 0 heterocycles. The summed E-state index contributed by atoms with van der Waals surface area (Å²) in [7, 11) is 2.87. The van der Waals surface area contributed by atoms with Crippen LogP contribution in [0, 0.1) is 0 Å². The van der Waals surface area contributed by atoms with Crippen LogP contribution in [0.5, 0.6) is 0 Å². The van der Waals surface area contributed by atoms with Crippen LogP contribution in [0.3, 0.4) is 0 Å². The third kappa shape index (κ3) is 6.83. The van der Waals surface area contributed by atoms with Crippen LogP contribution < -0.4 is 0 Å². The van der Waals surface area contributed by atoms with E-state index in [1.807, 2.05) is 12.1 Å². The van der Waals surface area contributed by atoms with Crippen LogP contribution in [-0.2, 0) is 14.9 Å². The van der Waals surface area contributed by atoms with E-state index in [-0.39, 0.29) is 17.4 Å². The van der Waals surface area contributed by atoms with Crippen molar-refractivity contribution in [1.82, 2.24) is 0 Å². The Morgan fingerprint density at radius 3 is 1.35 bits per heavy atom. The Bertz CT molecular complexity index is 955. The zero-order valence-corrected chi connectivity index (χ0v) is 23.5. The Morgan fingerprint density at radius 1 is 0.595 bits per heavy atom. The summed E-state index contributed by atoms with van der Waals surface area (Å²) in [6.07, 6.45) is 16.9. The molecule has 0 N–H and O–H groups in total. The molecule has 0 saturated carbocycles. The minimum atomic E-state index is -0.304. The van der Waals surface area contributed by atoms with Gasteiger partial charge in [0.1, 0.15) is 0 Å². The number of benzene rings is 2. The van der Waals surface area contributed by atoms with E-state index in [1.54, 1.807) is 0 Å². The number of methoxy groups -OCH3 is 2. The van der Waals surface area contributed by atoms with Gasteiger partial charge in [0.2, 0.25) is 0 Å². The fraction of sp³-hybridized carbons (Fsp3) is 0.576. The van der Waals surface area contributed by atoms with Gasteiger partial charge in [0.05, 0.1) is 25.3 Å². The van der Waals surface area contributed by atoms with Crippen molar-refractivity contribution >= 4 is 11.9 Å². The highest BCUT2D eigenvalue weighted by Crippen LogP contribution is 2.54. The number of unbranched alkanes of at least 4 members (excludes halogenated alkanes) is 10. The Balaban J connectivity index is 2.02. The van der Waals surface area contributed by atoms with Gasteiger partial charge in [-0.25, -0.2) is 9.59 Å². The lowest BCUT2D eigenvalue weighted by Crippen LogP contribution is -2.26. The standard InChI is InChI=1S/C33H46O4/c1-5-7-9-11-13-15-21-33(22-16-14-12-10-8-6-2)29-23-25(31(34)36-3)17-19-27(29)28-20-18-26(24-30(28)33)32(35)37-4/h17-20,23-24H,5-16,21-22H2,1-4H3. The lowest BCUT2D eigenvalue weighted by atomic mass is 9.70. The van der Waals surface area contributed by atoms with Crippen molar-refractivity contribution in [2.24, 2.45) is 0 Å². The van der Waals surface area contributed by atoms with E-state index in [4.69, 9.17) is 9.47 Å². The molecule has 1 aliphatic rings. The summed E-state index contributed by atoms with van der Waals surface area (Å²) in [5.74, 6) is -0.607. The van der Waals surface area contributed by atoms with E-state index in [2.05, 4.69) is 38.1 Å². The summed E-state index contributed by atoms with van der Waals surface area (Å²) in [4.78, 5) is 25.0. The van der Waals surface area contributed by atoms with Crippen molar-refractivity contribution in [2.75, 3.05) is 14.2 Å². The van der Waals surface area contributed by atoms with Crippen LogP contribution >= 0.6 is 0 Å². The third-order valence-corrected chi connectivity index (χ3v) is 8.12. The molecule has 3 rings (SSSR count). The van der Waals surface area contributed by atoms with E-state index in [0.29, 0.717) is 11.1 Å². The average Bonchev–Trinajstić information content (AvgIpc) is 3.20. The largest absolute Gasteiger partial charge is 0.465 e. The summed E-state index contributed by atoms with van der Waals surface area (Å²) in [5, 5.41) is 0. The summed E-state index contributed by atoms with van der Waals surface area (Å²) in [6.45, 7) is 4.50. The molecule has 0 bridgehead atoms. The van der Waals surface area contributed by atoms with Gasteiger partial charge in [-0.15, -0.1) is 0 Å². The van der Waals surface area contributed by atoms with E-state index in [1.165, 1.54) is 101 Å². The molecule has 0 aromatic heterocycles. The molecule has 2 aromatic carbocycles. The number of ether oxygens (including phenoxy) is 2. The third-order valence-electron chi connectivity index (χ3n) is 8.12. The van der Waals surface area contributed by atoms with Gasteiger partial charge >= 0.3 is 11.9 Å². The summed E-state index contributed by atoms with van der Waals surface area (Å²) >= 11 is 0. The Hall–Kier alpha value is -2.62. The monoisotopic (exact) mass is 506 g/mol. The van der Waals surface area contributed by atoms with E-state index >= 15 is 0 Å². The predicted octanol–water partition coefficient (Wildman–Crippen LogP) is 9.03. The van der Waals surface area contributed by atoms with E-state index in [0.717, 1.165) is 25.7 Å². The zero-order chi connectivity index (χ0) is 26.7. The summed E-state index contributed by atoms with van der Waals surface area (Å²) in [6, 6.07) is 12.0. The van der Waals surface area contributed by atoms with E-state index < -0.39 is 0 Å². The molecule has 4 heteroatoms. The van der Waals surface area contributed by atoms with Crippen molar-refractivity contribution in [3.05, 3.63) is 58.7 Å². The van der Waals surface area contributed by atoms with Crippen molar-refractivity contribution in [1.29, 1.82) is 0 Å². The maximum atomic E-state index is 12.5. The van der Waals surface area contributed by atoms with Crippen LogP contribution in [0.2, 0.25) is 0 Å². The normalized spacial score (nSPS) is 13.2. The fourth-order valence-corrected chi connectivity index (χ4v) is 6.06. The molecular formula is C33H46O4. The number of rotatable bonds is 16. The molecule has 0 spiro atoms. The number of fused-ring (bicyclic) bond motifs is 3. The highest BCUT2D eigenvalue weighted by molar-refractivity contribution is 5.94. The second-order valence-corrected chi connectivity index (χ2v) is 10.6. The summed E-state index contributed by atoms with van der Waals surface area (Å²) in [5.41, 5.74) is 5.76. The molecule has 1 aliphatic carbocycles. The molecule has 0 saturated heterocycles. The second-order valence-electron chi connectivity index (χ2n) is 10.6. The number of hydrogen-bond donors (Lipinski definition) is 0. The smallest absolute Gasteiger partial charge is 0.337 e. The van der Waals surface area contributed by atoms with Crippen LogP contribution in [0.4, 0.5) is 0 Å². The molecule has 4 nitrogen and oxygen atoms in total. The zero-order valence-electron chi connectivity index (χ0n) is 23.5. The fourth-order valence-electron chi connectivity index (χ4n) is 6.06. The van der Waals surface area contributed by atoms with Gasteiger partial charge in [-0.3, -0.25) is 0 Å². The molecule has 2 aromatic rings. The van der Waals surface area contributed by atoms with Crippen LogP contribution in [0.15, 0.2) is 36.4 Å². The molecule has 0 amide bonds. The molecule has 202 valence electrons. The Morgan fingerprint density at radius 2 is 0.973 bits per heavy atom. The number of carbonyl (C=O) groups excluding carboxylic acids is 2. The first kappa shape index (κ1) is 28.9. The molecule has 0 unspecified atom stereocenters. The lowest BCUT2D eigenvalue weighted by molar-refractivity contribution is 0.0592. The Labute approximate surface area is 224 Å². The van der Waals surface area contributed by atoms with Gasteiger partial charge in [0, 0.05) is 5.41 Å². The molecule has 0 atom stereocenters. The van der Waals surface area contributed by atoms with Crippen molar-refractivity contribution in [2.45, 2.75) is 109 Å². The maximum Gasteiger partial charge on any atom is 0.337 e. The SMILES string of the molecule is CCCCCCCCC1(CCCCCCCC)c2cc(C(=O)OC)ccc2-c2ccc(C(=O)OC)cc21. The Kier molecular flexibility index (Phi) is 11.2. The first-order valence-corrected chi connectivity index (χ1v) is 14.5. The minimum absolute atomic E-state index is 0.214. The minimum Gasteiger partial charge on any atom is -0.465 e. The van der Waals surface area contributed by atoms with Gasteiger partial charge in [0.15, 0.2) is 0 Å². The predicted molar refractivity (Wildman–Crippen MR) is 151 cm³/mol. The lowest BCUT2D eigenvalue weighted by Gasteiger charge is -2.33. The number of esters is 2. The van der Waals surface area contributed by atoms with E-state index in [9.17, 15) is 9.59 Å². The second kappa shape index (κ2) is 14.4. The van der Waals surface area contributed by atoms with Gasteiger partial charge in [-0.05, 0) is 59.4 Å². The molecular weight excluding hydrogens is 460 g/mol. The quantitative estimate of drug-likeness (QED) is 0.168. The molecule has 37 heavy (non-hydrogen) atoms. The van der Waals surface area contributed by atoms with Crippen molar-refractivity contribution < 1.29 is 19.1 Å². The van der Waals surface area contributed by atoms with Crippen LogP contribution in [-0.4, -0.2) is 26.2 Å². The number of hydrogen-bond acceptors (Lipinski definition) is 4. The maximum absolute atomic E-state index is 12.5. The highest BCUT2D eigenvalue weighted by Gasteiger charge is 2.43. The van der Waals surface area contributed by atoms with Crippen LogP contribution in [0.25, 0.3) is 11.1 Å². The van der Waals surface area contributed by atoms with Crippen LogP contribution in [0.1, 0.15) is 136 Å². The average molecular weight is 507 g/mol. The molecule has 0 fully saturated rings. The molecule has 0 radical (unpaired) electrons. The first-order chi connectivity index (χ1) is 18.0.